The first-order valence-electron chi connectivity index (χ1n) is 13.8. The van der Waals surface area contributed by atoms with Gasteiger partial charge in [-0.05, 0) is 109 Å². The van der Waals surface area contributed by atoms with Crippen molar-refractivity contribution in [2.75, 3.05) is 6.61 Å². The van der Waals surface area contributed by atoms with Crippen molar-refractivity contribution in [3.05, 3.63) is 11.6 Å². The molecular weight excluding hydrogens is 392 g/mol. The van der Waals surface area contributed by atoms with E-state index in [1.807, 2.05) is 5.57 Å². The molecule has 5 aliphatic rings. The fourth-order valence-electron chi connectivity index (χ4n) is 10.5. The van der Waals surface area contributed by atoms with Crippen LogP contribution in [0, 0.1) is 50.2 Å². The Morgan fingerprint density at radius 3 is 2.22 bits per heavy atom. The summed E-state index contributed by atoms with van der Waals surface area (Å²) in [4.78, 5) is 0. The van der Waals surface area contributed by atoms with Crippen LogP contribution in [0.1, 0.15) is 113 Å². The van der Waals surface area contributed by atoms with Crippen molar-refractivity contribution in [1.29, 1.82) is 0 Å². The molecule has 0 aromatic carbocycles. The van der Waals surface area contributed by atoms with E-state index in [4.69, 9.17) is 0 Å². The molecule has 5 rings (SSSR count). The summed E-state index contributed by atoms with van der Waals surface area (Å²) < 4.78 is 0. The Hall–Kier alpha value is -0.340. The summed E-state index contributed by atoms with van der Waals surface area (Å²) in [5.74, 6) is 1.83. The lowest BCUT2D eigenvalue weighted by Gasteiger charge is -2.71. The molecule has 2 N–H and O–H groups in total. The number of hydrogen-bond acceptors (Lipinski definition) is 2. The molecule has 0 heterocycles. The first-order chi connectivity index (χ1) is 14.8. The number of aliphatic hydroxyl groups excluding tert-OH is 2. The third-order valence-electron chi connectivity index (χ3n) is 13.2. The Morgan fingerprint density at radius 2 is 1.53 bits per heavy atom. The van der Waals surface area contributed by atoms with Crippen molar-refractivity contribution in [3.8, 4) is 0 Å². The van der Waals surface area contributed by atoms with Gasteiger partial charge < -0.3 is 10.2 Å². The average molecular weight is 443 g/mol. The van der Waals surface area contributed by atoms with Gasteiger partial charge >= 0.3 is 0 Å². The van der Waals surface area contributed by atoms with Crippen LogP contribution in [-0.4, -0.2) is 22.9 Å². The summed E-state index contributed by atoms with van der Waals surface area (Å²) in [5.41, 5.74) is 3.28. The van der Waals surface area contributed by atoms with E-state index in [9.17, 15) is 10.2 Å². The fourth-order valence-corrected chi connectivity index (χ4v) is 10.5. The van der Waals surface area contributed by atoms with Crippen LogP contribution < -0.4 is 0 Å². The van der Waals surface area contributed by atoms with Crippen molar-refractivity contribution >= 4 is 0 Å². The van der Waals surface area contributed by atoms with Crippen LogP contribution in [0.25, 0.3) is 0 Å². The molecule has 5 aliphatic carbocycles. The van der Waals surface area contributed by atoms with Gasteiger partial charge in [-0.2, -0.15) is 0 Å². The molecule has 0 saturated heterocycles. The predicted octanol–water partition coefficient (Wildman–Crippen LogP) is 7.14. The molecule has 32 heavy (non-hydrogen) atoms. The number of aliphatic hydroxyl groups is 2. The second-order valence-corrected chi connectivity index (χ2v) is 15.1. The van der Waals surface area contributed by atoms with Gasteiger partial charge in [-0.15, -0.1) is 0 Å². The molecule has 0 amide bonds. The number of allylic oxidation sites excluding steroid dienone is 2. The van der Waals surface area contributed by atoms with Crippen molar-refractivity contribution in [2.24, 2.45) is 50.2 Å². The van der Waals surface area contributed by atoms with E-state index >= 15 is 0 Å². The van der Waals surface area contributed by atoms with E-state index < -0.39 is 0 Å². The second kappa shape index (κ2) is 6.87. The van der Waals surface area contributed by atoms with Crippen LogP contribution in [0.2, 0.25) is 0 Å². The summed E-state index contributed by atoms with van der Waals surface area (Å²) in [7, 11) is 0. The molecule has 2 heteroatoms. The van der Waals surface area contributed by atoms with E-state index in [0.29, 0.717) is 33.5 Å². The highest BCUT2D eigenvalue weighted by Gasteiger charge is 2.68. The first-order valence-corrected chi connectivity index (χ1v) is 13.8. The van der Waals surface area contributed by atoms with Gasteiger partial charge in [-0.3, -0.25) is 0 Å². The van der Waals surface area contributed by atoms with E-state index in [2.05, 4.69) is 54.5 Å². The zero-order valence-corrected chi connectivity index (χ0v) is 22.1. The van der Waals surface area contributed by atoms with Crippen LogP contribution in [0.5, 0.6) is 0 Å². The van der Waals surface area contributed by atoms with Crippen molar-refractivity contribution in [3.63, 3.8) is 0 Å². The lowest BCUT2D eigenvalue weighted by atomic mass is 9.33. The van der Waals surface area contributed by atoms with Gasteiger partial charge in [0, 0.05) is 5.41 Å². The predicted molar refractivity (Wildman–Crippen MR) is 132 cm³/mol. The van der Waals surface area contributed by atoms with Crippen molar-refractivity contribution in [2.45, 2.75) is 119 Å². The molecule has 0 aliphatic heterocycles. The molecule has 0 bridgehead atoms. The van der Waals surface area contributed by atoms with E-state index in [-0.39, 0.29) is 23.5 Å². The number of hydrogen-bond donors (Lipinski definition) is 2. The maximum atomic E-state index is 10.9. The second-order valence-electron chi connectivity index (χ2n) is 15.1. The largest absolute Gasteiger partial charge is 0.396 e. The first kappa shape index (κ1) is 23.4. The molecule has 2 unspecified atom stereocenters. The lowest BCUT2D eigenvalue weighted by Crippen LogP contribution is -2.65. The Bertz CT molecular complexity index is 814. The number of fused-ring (bicyclic) bond motifs is 7. The minimum atomic E-state index is -0.361. The van der Waals surface area contributed by atoms with Crippen molar-refractivity contribution < 1.29 is 10.2 Å². The Balaban J connectivity index is 1.57. The topological polar surface area (TPSA) is 40.5 Å². The summed E-state index contributed by atoms with van der Waals surface area (Å²) in [6, 6.07) is 0. The highest BCUT2D eigenvalue weighted by molar-refractivity contribution is 5.33. The third-order valence-corrected chi connectivity index (χ3v) is 13.2. The summed E-state index contributed by atoms with van der Waals surface area (Å²) in [6.45, 7) is 17.7. The van der Waals surface area contributed by atoms with Gasteiger partial charge in [0.25, 0.3) is 0 Å². The highest BCUT2D eigenvalue weighted by Crippen LogP contribution is 2.75. The number of rotatable bonds is 1. The maximum Gasteiger partial charge on any atom is 0.0618 e. The normalized spacial score (nSPS) is 56.8. The van der Waals surface area contributed by atoms with Gasteiger partial charge in [-0.25, -0.2) is 0 Å². The average Bonchev–Trinajstić information content (AvgIpc) is 2.73. The van der Waals surface area contributed by atoms with Gasteiger partial charge in [0.05, 0.1) is 12.7 Å². The van der Waals surface area contributed by atoms with E-state index in [0.717, 1.165) is 25.2 Å². The maximum absolute atomic E-state index is 10.9. The monoisotopic (exact) mass is 442 g/mol. The minimum Gasteiger partial charge on any atom is -0.396 e. The van der Waals surface area contributed by atoms with Gasteiger partial charge in [0.1, 0.15) is 0 Å². The Labute approximate surface area is 197 Å². The zero-order valence-electron chi connectivity index (χ0n) is 22.1. The van der Waals surface area contributed by atoms with E-state index in [1.165, 1.54) is 44.9 Å². The molecular formula is C30H50O2. The van der Waals surface area contributed by atoms with Crippen LogP contribution in [0.15, 0.2) is 11.6 Å². The highest BCUT2D eigenvalue weighted by atomic mass is 16.3. The zero-order chi connectivity index (χ0) is 23.4. The van der Waals surface area contributed by atoms with Crippen LogP contribution in [0.4, 0.5) is 0 Å². The third kappa shape index (κ3) is 2.78. The minimum absolute atomic E-state index is 0.117. The summed E-state index contributed by atoms with van der Waals surface area (Å²) in [5, 5.41) is 21.3. The summed E-state index contributed by atoms with van der Waals surface area (Å²) in [6.07, 6.45) is 14.8. The van der Waals surface area contributed by atoms with E-state index in [1.54, 1.807) is 0 Å². The quantitative estimate of drug-likeness (QED) is 0.424. The molecule has 9 atom stereocenters. The summed E-state index contributed by atoms with van der Waals surface area (Å²) >= 11 is 0. The van der Waals surface area contributed by atoms with Crippen LogP contribution >= 0.6 is 0 Å². The standard InChI is InChI=1S/C30H50O2/c1-25(2)14-15-26(3)16-17-29(6)20(21(26)18-25)8-9-23-27(4)12-11-24(32)28(5,19-31)22(27)10-13-30(23,29)7/h8,21-24,31-32H,9-19H2,1-7H3/t21-,22?,23-,24-,26-,27+,28?,29-,30-/m1/s1. The molecule has 0 radical (unpaired) electrons. The van der Waals surface area contributed by atoms with Gasteiger partial charge in [0.15, 0.2) is 0 Å². The fraction of sp³-hybridized carbons (Fsp3) is 0.933. The van der Waals surface area contributed by atoms with Crippen molar-refractivity contribution in [1.82, 2.24) is 0 Å². The molecule has 4 fully saturated rings. The molecule has 2 nitrogen and oxygen atoms in total. The molecule has 0 aromatic heterocycles. The SMILES string of the molecule is CC1(C)CC[C@]2(C)CC[C@]3(C)C(=CC[C@@H]4[C@@]5(C)CC[C@@H](O)C(C)(CO)C5CC[C@]43C)[C@H]2C1. The lowest BCUT2D eigenvalue weighted by molar-refractivity contribution is -0.215. The van der Waals surface area contributed by atoms with Crippen LogP contribution in [-0.2, 0) is 0 Å². The molecule has 4 saturated carbocycles. The molecule has 0 aromatic rings. The molecule has 182 valence electrons. The Kier molecular flexibility index (Phi) is 5.02. The molecule has 0 spiro atoms. The van der Waals surface area contributed by atoms with Gasteiger partial charge in [-0.1, -0.05) is 60.1 Å². The Morgan fingerprint density at radius 1 is 0.844 bits per heavy atom. The van der Waals surface area contributed by atoms with Crippen LogP contribution in [0.3, 0.4) is 0 Å². The smallest absolute Gasteiger partial charge is 0.0618 e. The van der Waals surface area contributed by atoms with Gasteiger partial charge in [0.2, 0.25) is 0 Å².